The van der Waals surface area contributed by atoms with E-state index in [4.69, 9.17) is 17.3 Å². The predicted molar refractivity (Wildman–Crippen MR) is 102 cm³/mol. The predicted octanol–water partition coefficient (Wildman–Crippen LogP) is 3.54. The summed E-state index contributed by atoms with van der Waals surface area (Å²) in [4.78, 5) is 24.8. The van der Waals surface area contributed by atoms with Crippen molar-refractivity contribution in [2.24, 2.45) is 0 Å². The number of amides is 1. The van der Waals surface area contributed by atoms with Crippen molar-refractivity contribution in [3.8, 4) is 11.1 Å². The van der Waals surface area contributed by atoms with Gasteiger partial charge in [-0.1, -0.05) is 66.4 Å². The second-order valence-electron chi connectivity index (χ2n) is 5.91. The van der Waals surface area contributed by atoms with Gasteiger partial charge in [0.2, 0.25) is 0 Å². The number of aliphatic carboxylic acids is 1. The van der Waals surface area contributed by atoms with Gasteiger partial charge in [0.15, 0.2) is 0 Å². The van der Waals surface area contributed by atoms with Gasteiger partial charge in [0, 0.05) is 0 Å². The van der Waals surface area contributed by atoms with Crippen LogP contribution in [0.1, 0.15) is 16.7 Å². The fourth-order valence-electron chi connectivity index (χ4n) is 3.18. The normalized spacial score (nSPS) is 17.1. The number of benzene rings is 2. The number of carbonyl (C=O) groups excluding carboxylic acids is 1. The van der Waals surface area contributed by atoms with Crippen molar-refractivity contribution in [1.82, 2.24) is 4.90 Å². The van der Waals surface area contributed by atoms with Crippen molar-refractivity contribution in [2.75, 3.05) is 6.54 Å². The maximum Gasteiger partial charge on any atom is 0.323 e. The highest BCUT2D eigenvalue weighted by Crippen LogP contribution is 2.38. The molecule has 6 heteroatoms. The van der Waals surface area contributed by atoms with Gasteiger partial charge < -0.3 is 5.11 Å². The second-order valence-corrected chi connectivity index (χ2v) is 7.59. The van der Waals surface area contributed by atoms with Crippen LogP contribution in [-0.4, -0.2) is 32.7 Å². The van der Waals surface area contributed by atoms with E-state index in [1.165, 1.54) is 22.3 Å². The van der Waals surface area contributed by atoms with Crippen molar-refractivity contribution in [3.63, 3.8) is 0 Å². The third-order valence-electron chi connectivity index (χ3n) is 4.28. The summed E-state index contributed by atoms with van der Waals surface area (Å²) < 4.78 is 0.284. The highest BCUT2D eigenvalue weighted by Gasteiger charge is 2.33. The van der Waals surface area contributed by atoms with Crippen molar-refractivity contribution in [3.05, 3.63) is 64.1 Å². The molecular weight excluding hydrogens is 354 g/mol. The average molecular weight is 367 g/mol. The fourth-order valence-corrected chi connectivity index (χ4v) is 4.43. The van der Waals surface area contributed by atoms with Crippen LogP contribution in [0.25, 0.3) is 17.2 Å². The molecule has 124 valence electrons. The lowest BCUT2D eigenvalue weighted by atomic mass is 10.0. The molecule has 0 spiro atoms. The molecule has 2 aliphatic rings. The maximum atomic E-state index is 12.4. The number of carbonyl (C=O) groups is 2. The number of hydrogen-bond donors (Lipinski definition) is 1. The summed E-state index contributed by atoms with van der Waals surface area (Å²) in [5.74, 6) is -1.42. The summed E-state index contributed by atoms with van der Waals surface area (Å²) >= 11 is 6.26. The first-order valence-electron chi connectivity index (χ1n) is 7.71. The first-order valence-corrected chi connectivity index (χ1v) is 8.94. The molecule has 2 aromatic rings. The van der Waals surface area contributed by atoms with Crippen molar-refractivity contribution in [2.45, 2.75) is 6.42 Å². The fraction of sp³-hybridized carbons (Fsp3) is 0.105. The molecule has 0 radical (unpaired) electrons. The van der Waals surface area contributed by atoms with Crippen LogP contribution in [0, 0.1) is 0 Å². The van der Waals surface area contributed by atoms with E-state index in [-0.39, 0.29) is 10.2 Å². The van der Waals surface area contributed by atoms with E-state index in [2.05, 4.69) is 24.3 Å². The Bertz CT molecular complexity index is 965. The van der Waals surface area contributed by atoms with Crippen LogP contribution in [0.5, 0.6) is 0 Å². The Morgan fingerprint density at radius 2 is 1.96 bits per heavy atom. The Labute approximate surface area is 154 Å². The molecule has 25 heavy (non-hydrogen) atoms. The Morgan fingerprint density at radius 3 is 2.76 bits per heavy atom. The minimum atomic E-state index is -1.08. The SMILES string of the molecule is O=C(O)CN1C(=O)C(=Cc2ccc3c(c2)Cc2ccccc2-3)SC1=S. The van der Waals surface area contributed by atoms with Gasteiger partial charge in [-0.2, -0.15) is 0 Å². The number of carboxylic acids is 1. The topological polar surface area (TPSA) is 57.6 Å². The van der Waals surface area contributed by atoms with Crippen LogP contribution in [0.15, 0.2) is 47.4 Å². The Morgan fingerprint density at radius 1 is 1.20 bits per heavy atom. The molecule has 1 N–H and O–H groups in total. The number of thiocarbonyl (C=S) groups is 1. The van der Waals surface area contributed by atoms with Gasteiger partial charge in [-0.3, -0.25) is 14.5 Å². The molecule has 4 rings (SSSR count). The number of fused-ring (bicyclic) bond motifs is 3. The number of hydrogen-bond acceptors (Lipinski definition) is 4. The molecule has 0 unspecified atom stereocenters. The minimum Gasteiger partial charge on any atom is -0.480 e. The average Bonchev–Trinajstić information content (AvgIpc) is 3.07. The standard InChI is InChI=1S/C19H13NO3S2/c21-17(22)10-20-18(23)16(25-19(20)24)8-11-5-6-15-13(7-11)9-12-3-1-2-4-14(12)15/h1-8H,9-10H2,(H,21,22). The van der Waals surface area contributed by atoms with Crippen LogP contribution < -0.4 is 0 Å². The van der Waals surface area contributed by atoms with Crippen molar-refractivity contribution in [1.29, 1.82) is 0 Å². The Kier molecular flexibility index (Phi) is 3.94. The number of thioether (sulfide) groups is 1. The molecule has 1 saturated heterocycles. The van der Waals surface area contributed by atoms with E-state index in [9.17, 15) is 9.59 Å². The van der Waals surface area contributed by atoms with Crippen LogP contribution >= 0.6 is 24.0 Å². The van der Waals surface area contributed by atoms with Crippen LogP contribution in [0.2, 0.25) is 0 Å². The lowest BCUT2D eigenvalue weighted by Crippen LogP contribution is -2.33. The third-order valence-corrected chi connectivity index (χ3v) is 5.66. The van der Waals surface area contributed by atoms with Crippen molar-refractivity contribution < 1.29 is 14.7 Å². The van der Waals surface area contributed by atoms with E-state index in [1.54, 1.807) is 6.08 Å². The summed E-state index contributed by atoms with van der Waals surface area (Å²) in [5, 5.41) is 8.89. The summed E-state index contributed by atoms with van der Waals surface area (Å²) in [6.45, 7) is -0.401. The summed E-state index contributed by atoms with van der Waals surface area (Å²) in [6, 6.07) is 14.5. The first-order chi connectivity index (χ1) is 12.0. The van der Waals surface area contributed by atoms with Gasteiger partial charge >= 0.3 is 5.97 Å². The molecule has 0 aromatic heterocycles. The van der Waals surface area contributed by atoms with Crippen LogP contribution in [0.3, 0.4) is 0 Å². The molecule has 0 atom stereocenters. The molecule has 1 aliphatic carbocycles. The van der Waals surface area contributed by atoms with Gasteiger partial charge in [0.05, 0.1) is 4.91 Å². The molecule has 0 saturated carbocycles. The quantitative estimate of drug-likeness (QED) is 0.567. The third kappa shape index (κ3) is 2.88. The number of nitrogens with zero attached hydrogens (tertiary/aromatic N) is 1. The molecule has 2 aromatic carbocycles. The zero-order valence-corrected chi connectivity index (χ0v) is 14.7. The highest BCUT2D eigenvalue weighted by molar-refractivity contribution is 8.26. The maximum absolute atomic E-state index is 12.4. The molecule has 1 heterocycles. The van der Waals surface area contributed by atoms with Gasteiger partial charge in [0.1, 0.15) is 10.9 Å². The molecular formula is C19H13NO3S2. The van der Waals surface area contributed by atoms with E-state index in [0.29, 0.717) is 4.91 Å². The van der Waals surface area contributed by atoms with Gasteiger partial charge in [-0.05, 0) is 40.3 Å². The molecule has 4 nitrogen and oxygen atoms in total. The summed E-state index contributed by atoms with van der Waals surface area (Å²) in [5.41, 5.74) is 5.95. The Hall–Kier alpha value is -2.44. The van der Waals surface area contributed by atoms with E-state index in [1.807, 2.05) is 18.2 Å². The summed E-state index contributed by atoms with van der Waals surface area (Å²) in [7, 11) is 0. The van der Waals surface area contributed by atoms with Gasteiger partial charge in [0.25, 0.3) is 5.91 Å². The highest BCUT2D eigenvalue weighted by atomic mass is 32.2. The van der Waals surface area contributed by atoms with Crippen LogP contribution in [0.4, 0.5) is 0 Å². The van der Waals surface area contributed by atoms with E-state index < -0.39 is 12.5 Å². The number of rotatable bonds is 3. The summed E-state index contributed by atoms with van der Waals surface area (Å²) in [6.07, 6.45) is 2.66. The molecule has 1 aliphatic heterocycles. The smallest absolute Gasteiger partial charge is 0.323 e. The molecule has 1 amide bonds. The van der Waals surface area contributed by atoms with E-state index in [0.717, 1.165) is 28.6 Å². The lowest BCUT2D eigenvalue weighted by Gasteiger charge is -2.10. The van der Waals surface area contributed by atoms with Gasteiger partial charge in [-0.15, -0.1) is 0 Å². The largest absolute Gasteiger partial charge is 0.480 e. The zero-order chi connectivity index (χ0) is 17.6. The van der Waals surface area contributed by atoms with Gasteiger partial charge in [-0.25, -0.2) is 0 Å². The number of carboxylic acid groups (broad SMARTS) is 1. The lowest BCUT2D eigenvalue weighted by molar-refractivity contribution is -0.140. The monoisotopic (exact) mass is 367 g/mol. The van der Waals surface area contributed by atoms with Crippen LogP contribution in [-0.2, 0) is 16.0 Å². The first kappa shape index (κ1) is 16.1. The van der Waals surface area contributed by atoms with Crippen molar-refractivity contribution >= 4 is 46.3 Å². The molecule has 1 fully saturated rings. The second kappa shape index (κ2) is 6.13. The van der Waals surface area contributed by atoms with E-state index >= 15 is 0 Å². The zero-order valence-electron chi connectivity index (χ0n) is 13.1. The Balaban J connectivity index is 1.63. The molecule has 0 bridgehead atoms. The minimum absolute atomic E-state index is 0.284.